The van der Waals surface area contributed by atoms with Crippen LogP contribution in [0.25, 0.3) is 0 Å². The van der Waals surface area contributed by atoms with Crippen molar-refractivity contribution in [3.63, 3.8) is 0 Å². The number of para-hydroxylation sites is 2. The Kier molecular flexibility index (Phi) is 6.99. The maximum absolute atomic E-state index is 12.3. The quantitative estimate of drug-likeness (QED) is 0.865. The number of nitrogens with zero attached hydrogens (tertiary/aromatic N) is 2. The van der Waals surface area contributed by atoms with E-state index >= 15 is 0 Å². The average Bonchev–Trinajstić information content (AvgIpc) is 2.46. The summed E-state index contributed by atoms with van der Waals surface area (Å²) in [7, 11) is 0. The molecule has 130 valence electrons. The molecule has 0 radical (unpaired) electrons. The van der Waals surface area contributed by atoms with E-state index in [2.05, 4.69) is 4.90 Å². The van der Waals surface area contributed by atoms with Gasteiger partial charge >= 0.3 is 0 Å². The molecule has 5 nitrogen and oxygen atoms in total. The van der Waals surface area contributed by atoms with Crippen LogP contribution in [0.5, 0.6) is 5.75 Å². The van der Waals surface area contributed by atoms with Crippen LogP contribution in [0.1, 0.15) is 25.7 Å². The highest BCUT2D eigenvalue weighted by atomic mass is 35.5. The molecule has 1 aliphatic heterocycles. The standard InChI is InChI=1S/C16H23N3O2.2ClH/c17-16(6-3-7-16)12-15(21)19-10-8-18(9-11-19)13-4-1-2-5-14(13)20;;/h1-2,4-5,20H,3,6-12,17H2;2*1H. The molecular weight excluding hydrogens is 337 g/mol. The van der Waals surface area contributed by atoms with Crippen molar-refractivity contribution in [2.75, 3.05) is 31.1 Å². The van der Waals surface area contributed by atoms with Crippen molar-refractivity contribution < 1.29 is 9.90 Å². The predicted molar refractivity (Wildman–Crippen MR) is 96.8 cm³/mol. The van der Waals surface area contributed by atoms with Crippen LogP contribution in [0, 0.1) is 0 Å². The summed E-state index contributed by atoms with van der Waals surface area (Å²) in [6.45, 7) is 2.90. The minimum absolute atomic E-state index is 0. The fraction of sp³-hybridized carbons (Fsp3) is 0.562. The number of phenolic OH excluding ortho intramolecular Hbond substituents is 1. The lowest BCUT2D eigenvalue weighted by atomic mass is 9.75. The van der Waals surface area contributed by atoms with Gasteiger partial charge in [0.15, 0.2) is 0 Å². The molecule has 1 aromatic carbocycles. The Morgan fingerprint density at radius 2 is 1.74 bits per heavy atom. The number of nitrogens with two attached hydrogens (primary N) is 1. The zero-order valence-electron chi connectivity index (χ0n) is 13.1. The Morgan fingerprint density at radius 1 is 1.13 bits per heavy atom. The van der Waals surface area contributed by atoms with Crippen LogP contribution in [0.4, 0.5) is 5.69 Å². The second kappa shape index (κ2) is 8.08. The van der Waals surface area contributed by atoms with Gasteiger partial charge in [-0.25, -0.2) is 0 Å². The molecule has 1 heterocycles. The van der Waals surface area contributed by atoms with E-state index in [9.17, 15) is 9.90 Å². The number of piperazine rings is 1. The Balaban J connectivity index is 0.00000132. The average molecular weight is 362 g/mol. The number of hydrogen-bond acceptors (Lipinski definition) is 4. The summed E-state index contributed by atoms with van der Waals surface area (Å²) < 4.78 is 0. The summed E-state index contributed by atoms with van der Waals surface area (Å²) in [5, 5.41) is 9.89. The number of anilines is 1. The summed E-state index contributed by atoms with van der Waals surface area (Å²) in [4.78, 5) is 16.3. The van der Waals surface area contributed by atoms with Crippen molar-refractivity contribution >= 4 is 36.4 Å². The monoisotopic (exact) mass is 361 g/mol. The molecule has 0 bridgehead atoms. The Bertz CT molecular complexity index is 530. The highest BCUT2D eigenvalue weighted by Gasteiger charge is 2.36. The normalized spacial score (nSPS) is 19.2. The molecule has 0 spiro atoms. The Hall–Kier alpha value is -1.17. The van der Waals surface area contributed by atoms with Crippen LogP contribution < -0.4 is 10.6 Å². The fourth-order valence-corrected chi connectivity index (χ4v) is 3.15. The summed E-state index contributed by atoms with van der Waals surface area (Å²) in [5.74, 6) is 0.474. The van der Waals surface area contributed by atoms with Crippen LogP contribution in [0.2, 0.25) is 0 Å². The lowest BCUT2D eigenvalue weighted by Gasteiger charge is -2.41. The highest BCUT2D eigenvalue weighted by molar-refractivity contribution is 5.85. The lowest BCUT2D eigenvalue weighted by Crippen LogP contribution is -2.54. The molecule has 1 aromatic rings. The van der Waals surface area contributed by atoms with Crippen molar-refractivity contribution in [1.29, 1.82) is 0 Å². The summed E-state index contributed by atoms with van der Waals surface area (Å²) in [6.07, 6.45) is 3.56. The number of phenols is 1. The van der Waals surface area contributed by atoms with Crippen molar-refractivity contribution in [3.05, 3.63) is 24.3 Å². The minimum atomic E-state index is -0.244. The third-order valence-corrected chi connectivity index (χ3v) is 4.71. The van der Waals surface area contributed by atoms with E-state index in [-0.39, 0.29) is 36.3 Å². The summed E-state index contributed by atoms with van der Waals surface area (Å²) in [5.41, 5.74) is 6.76. The molecule has 3 rings (SSSR count). The Labute approximate surface area is 149 Å². The van der Waals surface area contributed by atoms with E-state index in [0.717, 1.165) is 38.0 Å². The number of rotatable bonds is 3. The summed E-state index contributed by atoms with van der Waals surface area (Å²) >= 11 is 0. The van der Waals surface area contributed by atoms with Gasteiger partial charge in [-0.15, -0.1) is 24.8 Å². The van der Waals surface area contributed by atoms with Gasteiger partial charge in [0, 0.05) is 38.1 Å². The molecule has 1 amide bonds. The number of amides is 1. The van der Waals surface area contributed by atoms with Crippen molar-refractivity contribution in [2.24, 2.45) is 5.73 Å². The van der Waals surface area contributed by atoms with Gasteiger partial charge in [-0.3, -0.25) is 4.79 Å². The number of halogens is 2. The van der Waals surface area contributed by atoms with Gasteiger partial charge in [-0.1, -0.05) is 12.1 Å². The van der Waals surface area contributed by atoms with Crippen molar-refractivity contribution in [1.82, 2.24) is 4.90 Å². The molecular formula is C16H25Cl2N3O2. The maximum atomic E-state index is 12.3. The summed E-state index contributed by atoms with van der Waals surface area (Å²) in [6, 6.07) is 7.34. The fourth-order valence-electron chi connectivity index (χ4n) is 3.15. The van der Waals surface area contributed by atoms with Gasteiger partial charge in [-0.05, 0) is 31.4 Å². The SMILES string of the molecule is Cl.Cl.NC1(CC(=O)N2CCN(c3ccccc3O)CC2)CCC1. The number of carbonyl (C=O) groups is 1. The molecule has 2 fully saturated rings. The third kappa shape index (κ3) is 4.43. The molecule has 0 unspecified atom stereocenters. The topological polar surface area (TPSA) is 69.8 Å². The van der Waals surface area contributed by atoms with E-state index in [1.165, 1.54) is 0 Å². The lowest BCUT2D eigenvalue weighted by molar-refractivity contribution is -0.133. The van der Waals surface area contributed by atoms with E-state index in [1.807, 2.05) is 23.1 Å². The molecule has 23 heavy (non-hydrogen) atoms. The van der Waals surface area contributed by atoms with Crippen molar-refractivity contribution in [2.45, 2.75) is 31.2 Å². The first-order chi connectivity index (χ1) is 10.1. The third-order valence-electron chi connectivity index (χ3n) is 4.71. The molecule has 1 saturated carbocycles. The molecule has 0 aromatic heterocycles. The molecule has 1 saturated heterocycles. The predicted octanol–water partition coefficient (Wildman–Crippen LogP) is 2.16. The van der Waals surface area contributed by atoms with Gasteiger partial charge in [-0.2, -0.15) is 0 Å². The van der Waals surface area contributed by atoms with Crippen LogP contribution >= 0.6 is 24.8 Å². The van der Waals surface area contributed by atoms with Gasteiger partial charge in [0.2, 0.25) is 5.91 Å². The maximum Gasteiger partial charge on any atom is 0.224 e. The number of aromatic hydroxyl groups is 1. The smallest absolute Gasteiger partial charge is 0.224 e. The van der Waals surface area contributed by atoms with E-state index in [4.69, 9.17) is 5.73 Å². The van der Waals surface area contributed by atoms with Crippen LogP contribution in [-0.2, 0) is 4.79 Å². The largest absolute Gasteiger partial charge is 0.506 e. The highest BCUT2D eigenvalue weighted by Crippen LogP contribution is 2.33. The van der Waals surface area contributed by atoms with Crippen molar-refractivity contribution in [3.8, 4) is 5.75 Å². The van der Waals surface area contributed by atoms with Crippen LogP contribution in [0.3, 0.4) is 0 Å². The van der Waals surface area contributed by atoms with Gasteiger partial charge in [0.25, 0.3) is 0 Å². The molecule has 3 N–H and O–H groups in total. The number of hydrogen-bond donors (Lipinski definition) is 2. The Morgan fingerprint density at radius 3 is 2.26 bits per heavy atom. The van der Waals surface area contributed by atoms with E-state index in [1.54, 1.807) is 6.07 Å². The molecule has 2 aliphatic rings. The second-order valence-corrected chi connectivity index (χ2v) is 6.25. The van der Waals surface area contributed by atoms with Gasteiger partial charge in [0.1, 0.15) is 5.75 Å². The molecule has 1 aliphatic carbocycles. The number of carbonyl (C=O) groups excluding carboxylic acids is 1. The first kappa shape index (κ1) is 19.9. The molecule has 7 heteroatoms. The zero-order valence-corrected chi connectivity index (χ0v) is 14.7. The van der Waals surface area contributed by atoms with E-state index < -0.39 is 0 Å². The van der Waals surface area contributed by atoms with Crippen LogP contribution in [-0.4, -0.2) is 47.6 Å². The first-order valence-electron chi connectivity index (χ1n) is 7.67. The van der Waals surface area contributed by atoms with Gasteiger partial charge in [0.05, 0.1) is 5.69 Å². The molecule has 0 atom stereocenters. The number of benzene rings is 1. The van der Waals surface area contributed by atoms with Gasteiger partial charge < -0.3 is 20.6 Å². The first-order valence-corrected chi connectivity index (χ1v) is 7.67. The minimum Gasteiger partial charge on any atom is -0.506 e. The van der Waals surface area contributed by atoms with Crippen LogP contribution in [0.15, 0.2) is 24.3 Å². The second-order valence-electron chi connectivity index (χ2n) is 6.25. The zero-order chi connectivity index (χ0) is 14.9. The van der Waals surface area contributed by atoms with E-state index in [0.29, 0.717) is 25.3 Å².